The Morgan fingerprint density at radius 2 is 2.07 bits per heavy atom. The summed E-state index contributed by atoms with van der Waals surface area (Å²) in [5.41, 5.74) is 0.674. The van der Waals surface area contributed by atoms with Gasteiger partial charge in [-0.3, -0.25) is 4.79 Å². The Bertz CT molecular complexity index is 345. The van der Waals surface area contributed by atoms with Crippen LogP contribution in [0.2, 0.25) is 0 Å². The van der Waals surface area contributed by atoms with E-state index in [1.807, 2.05) is 12.1 Å². The maximum atomic E-state index is 11.3. The fraction of sp³-hybridized carbons (Fsp3) is 0.273. The Balaban J connectivity index is 0.00000196. The minimum atomic E-state index is -0.809. The van der Waals surface area contributed by atoms with Crippen LogP contribution in [-0.4, -0.2) is 42.1 Å². The maximum absolute atomic E-state index is 11.3. The average Bonchev–Trinajstić information content (AvgIpc) is 2.21. The van der Waals surface area contributed by atoms with E-state index in [1.54, 1.807) is 31.2 Å². The van der Waals surface area contributed by atoms with Crippen molar-refractivity contribution in [2.45, 2.75) is 12.8 Å². The van der Waals surface area contributed by atoms with Crippen LogP contribution in [0.4, 0.5) is 0 Å². The standard InChI is InChI=1S/C11H11NO2.Na.H/c1-2-14-11(13)10(8-12)9-6-4-3-5-7-9;;/h3-7,10H,2H2,1H3;;. The topological polar surface area (TPSA) is 50.1 Å². The number of ether oxygens (including phenoxy) is 1. The molecule has 1 aromatic carbocycles. The molecule has 0 N–H and O–H groups in total. The van der Waals surface area contributed by atoms with Gasteiger partial charge in [-0.15, -0.1) is 0 Å². The molecule has 0 aliphatic heterocycles. The van der Waals surface area contributed by atoms with Crippen molar-refractivity contribution in [3.63, 3.8) is 0 Å². The molecule has 15 heavy (non-hydrogen) atoms. The van der Waals surface area contributed by atoms with Crippen LogP contribution in [0.5, 0.6) is 0 Å². The fourth-order valence-corrected chi connectivity index (χ4v) is 1.13. The van der Waals surface area contributed by atoms with Crippen molar-refractivity contribution in [1.82, 2.24) is 0 Å². The van der Waals surface area contributed by atoms with Gasteiger partial charge in [0.1, 0.15) is 0 Å². The normalized spacial score (nSPS) is 10.7. The molecule has 0 aromatic heterocycles. The van der Waals surface area contributed by atoms with Crippen LogP contribution in [0.1, 0.15) is 18.4 Å². The van der Waals surface area contributed by atoms with E-state index < -0.39 is 11.9 Å². The van der Waals surface area contributed by atoms with E-state index in [2.05, 4.69) is 0 Å². The molecule has 3 nitrogen and oxygen atoms in total. The summed E-state index contributed by atoms with van der Waals surface area (Å²) in [4.78, 5) is 11.3. The van der Waals surface area contributed by atoms with Crippen molar-refractivity contribution in [2.75, 3.05) is 6.61 Å². The van der Waals surface area contributed by atoms with E-state index in [4.69, 9.17) is 10.00 Å². The molecule has 4 heteroatoms. The molecule has 0 aliphatic carbocycles. The van der Waals surface area contributed by atoms with Crippen LogP contribution in [0.25, 0.3) is 0 Å². The summed E-state index contributed by atoms with van der Waals surface area (Å²) in [7, 11) is 0. The molecule has 0 saturated heterocycles. The molecule has 1 atom stereocenters. The first-order chi connectivity index (χ1) is 6.79. The second-order valence-corrected chi connectivity index (χ2v) is 2.72. The van der Waals surface area contributed by atoms with Crippen LogP contribution in [0.3, 0.4) is 0 Å². The first-order valence-corrected chi connectivity index (χ1v) is 4.40. The van der Waals surface area contributed by atoms with Crippen LogP contribution in [0, 0.1) is 11.3 Å². The van der Waals surface area contributed by atoms with Gasteiger partial charge in [0.15, 0.2) is 5.92 Å². The Morgan fingerprint density at radius 3 is 2.53 bits per heavy atom. The molecule has 0 aliphatic rings. The van der Waals surface area contributed by atoms with Crippen LogP contribution < -0.4 is 0 Å². The molecule has 0 spiro atoms. The SMILES string of the molecule is CCOC(=O)C(C#N)c1ccccc1.[NaH]. The second kappa shape index (κ2) is 7.47. The van der Waals surface area contributed by atoms with Crippen molar-refractivity contribution in [3.8, 4) is 6.07 Å². The number of carbonyl (C=O) groups excluding carboxylic acids is 1. The summed E-state index contributed by atoms with van der Waals surface area (Å²) in [6.07, 6.45) is 0. The van der Waals surface area contributed by atoms with Crippen molar-refractivity contribution < 1.29 is 9.53 Å². The number of esters is 1. The molecule has 0 amide bonds. The second-order valence-electron chi connectivity index (χ2n) is 2.72. The third kappa shape index (κ3) is 4.05. The molecule has 0 radical (unpaired) electrons. The van der Waals surface area contributed by atoms with E-state index in [0.717, 1.165) is 0 Å². The molecular weight excluding hydrogens is 201 g/mol. The quantitative estimate of drug-likeness (QED) is 0.560. The van der Waals surface area contributed by atoms with Gasteiger partial charge in [0, 0.05) is 0 Å². The zero-order valence-electron chi connectivity index (χ0n) is 7.93. The zero-order valence-corrected chi connectivity index (χ0v) is 7.93. The van der Waals surface area contributed by atoms with Crippen LogP contribution >= 0.6 is 0 Å². The van der Waals surface area contributed by atoms with Crippen molar-refractivity contribution >= 4 is 35.5 Å². The molecule has 0 fully saturated rings. The summed E-state index contributed by atoms with van der Waals surface area (Å²) in [6.45, 7) is 2.02. The number of hydrogen-bond donors (Lipinski definition) is 0. The molecule has 0 saturated carbocycles. The first-order valence-electron chi connectivity index (χ1n) is 4.40. The Morgan fingerprint density at radius 1 is 1.47 bits per heavy atom. The van der Waals surface area contributed by atoms with E-state index in [0.29, 0.717) is 12.2 Å². The Hall–Kier alpha value is -0.820. The van der Waals surface area contributed by atoms with Crippen molar-refractivity contribution in [3.05, 3.63) is 35.9 Å². The van der Waals surface area contributed by atoms with Gasteiger partial charge in [-0.2, -0.15) is 5.26 Å². The van der Waals surface area contributed by atoms with Gasteiger partial charge in [-0.25, -0.2) is 0 Å². The number of carbonyl (C=O) groups is 1. The van der Waals surface area contributed by atoms with Gasteiger partial charge >= 0.3 is 35.5 Å². The van der Waals surface area contributed by atoms with E-state index in [1.165, 1.54) is 0 Å². The minimum absolute atomic E-state index is 0. The molecule has 74 valence electrons. The molecule has 1 aromatic rings. The van der Waals surface area contributed by atoms with E-state index in [9.17, 15) is 4.79 Å². The third-order valence-corrected chi connectivity index (χ3v) is 1.78. The predicted octanol–water partition coefficient (Wildman–Crippen LogP) is 1.21. The molecular formula is C11H12NNaO2. The Labute approximate surface area is 111 Å². The number of rotatable bonds is 3. The van der Waals surface area contributed by atoms with Gasteiger partial charge in [0.25, 0.3) is 0 Å². The van der Waals surface area contributed by atoms with Gasteiger partial charge in [-0.05, 0) is 12.5 Å². The van der Waals surface area contributed by atoms with Gasteiger partial charge in [-0.1, -0.05) is 30.3 Å². The number of nitriles is 1. The van der Waals surface area contributed by atoms with Gasteiger partial charge in [0.2, 0.25) is 0 Å². The summed E-state index contributed by atoms with van der Waals surface area (Å²) in [5, 5.41) is 8.83. The fourth-order valence-electron chi connectivity index (χ4n) is 1.13. The monoisotopic (exact) mass is 213 g/mol. The molecule has 1 unspecified atom stereocenters. The predicted molar refractivity (Wildman–Crippen MR) is 58.6 cm³/mol. The third-order valence-electron chi connectivity index (χ3n) is 1.78. The molecule has 0 heterocycles. The van der Waals surface area contributed by atoms with Gasteiger partial charge < -0.3 is 4.74 Å². The van der Waals surface area contributed by atoms with Crippen LogP contribution in [-0.2, 0) is 9.53 Å². The molecule has 1 rings (SSSR count). The summed E-state index contributed by atoms with van der Waals surface area (Å²) in [6, 6.07) is 10.8. The van der Waals surface area contributed by atoms with Crippen LogP contribution in [0.15, 0.2) is 30.3 Å². The summed E-state index contributed by atoms with van der Waals surface area (Å²) < 4.78 is 4.79. The first kappa shape index (κ1) is 14.2. The number of nitrogens with zero attached hydrogens (tertiary/aromatic N) is 1. The van der Waals surface area contributed by atoms with Gasteiger partial charge in [0.05, 0.1) is 12.7 Å². The Kier molecular flexibility index (Phi) is 7.06. The zero-order chi connectivity index (χ0) is 10.4. The van der Waals surface area contributed by atoms with Crippen molar-refractivity contribution in [2.24, 2.45) is 0 Å². The van der Waals surface area contributed by atoms with E-state index >= 15 is 0 Å². The average molecular weight is 213 g/mol. The van der Waals surface area contributed by atoms with Crippen molar-refractivity contribution in [1.29, 1.82) is 5.26 Å². The molecule has 0 bridgehead atoms. The number of benzene rings is 1. The summed E-state index contributed by atoms with van der Waals surface area (Å²) >= 11 is 0. The summed E-state index contributed by atoms with van der Waals surface area (Å²) in [5.74, 6) is -1.29. The number of hydrogen-bond acceptors (Lipinski definition) is 3. The van der Waals surface area contributed by atoms with E-state index in [-0.39, 0.29) is 29.6 Å².